The molecule has 0 aromatic heterocycles. The van der Waals surface area contributed by atoms with E-state index in [9.17, 15) is 9.59 Å². The van der Waals surface area contributed by atoms with Crippen LogP contribution in [-0.4, -0.2) is 25.6 Å². The van der Waals surface area contributed by atoms with E-state index in [1.165, 1.54) is 11.6 Å². The maximum absolute atomic E-state index is 12.2. The molecule has 27 heavy (non-hydrogen) atoms. The number of amides is 1. The minimum Gasteiger partial charge on any atom is -0.496 e. The molecular weight excluding hydrogens is 342 g/mol. The third-order valence-electron chi connectivity index (χ3n) is 4.59. The molecule has 0 saturated heterocycles. The number of ether oxygens (including phenoxy) is 2. The largest absolute Gasteiger partial charge is 0.496 e. The molecule has 1 amide bonds. The van der Waals surface area contributed by atoms with Crippen LogP contribution in [0.3, 0.4) is 0 Å². The molecule has 0 saturated carbocycles. The molecule has 5 heteroatoms. The van der Waals surface area contributed by atoms with Crippen molar-refractivity contribution >= 4 is 18.0 Å². The third kappa shape index (κ3) is 4.97. The van der Waals surface area contributed by atoms with Crippen LogP contribution in [0, 0.1) is 0 Å². The predicted octanol–water partition coefficient (Wildman–Crippen LogP) is 3.45. The molecule has 1 aliphatic carbocycles. The Morgan fingerprint density at radius 1 is 1.15 bits per heavy atom. The lowest BCUT2D eigenvalue weighted by atomic mass is 9.88. The van der Waals surface area contributed by atoms with Gasteiger partial charge in [0.05, 0.1) is 13.2 Å². The summed E-state index contributed by atoms with van der Waals surface area (Å²) in [6.45, 7) is -0.298. The third-order valence-corrected chi connectivity index (χ3v) is 4.59. The van der Waals surface area contributed by atoms with Crippen LogP contribution in [0.5, 0.6) is 5.75 Å². The van der Waals surface area contributed by atoms with Crippen molar-refractivity contribution in [1.29, 1.82) is 0 Å². The first-order valence-corrected chi connectivity index (χ1v) is 9.02. The van der Waals surface area contributed by atoms with Crippen LogP contribution in [0.15, 0.2) is 54.6 Å². The van der Waals surface area contributed by atoms with Gasteiger partial charge < -0.3 is 14.8 Å². The van der Waals surface area contributed by atoms with Gasteiger partial charge in [-0.25, -0.2) is 4.79 Å². The van der Waals surface area contributed by atoms with Gasteiger partial charge in [0.25, 0.3) is 5.91 Å². The molecule has 0 radical (unpaired) electrons. The van der Waals surface area contributed by atoms with Crippen molar-refractivity contribution in [2.45, 2.75) is 25.3 Å². The van der Waals surface area contributed by atoms with E-state index in [0.29, 0.717) is 5.75 Å². The Labute approximate surface area is 159 Å². The Morgan fingerprint density at radius 2 is 1.93 bits per heavy atom. The number of esters is 1. The van der Waals surface area contributed by atoms with Crippen LogP contribution in [0.25, 0.3) is 6.08 Å². The molecule has 1 N–H and O–H groups in total. The van der Waals surface area contributed by atoms with Crippen LogP contribution in [-0.2, 0) is 20.7 Å². The molecule has 0 bridgehead atoms. The maximum Gasteiger partial charge on any atom is 0.331 e. The van der Waals surface area contributed by atoms with Crippen molar-refractivity contribution in [3.63, 3.8) is 0 Å². The first-order chi connectivity index (χ1) is 13.2. The number of rotatable bonds is 6. The molecule has 0 spiro atoms. The molecule has 0 fully saturated rings. The Balaban J connectivity index is 1.51. The second kappa shape index (κ2) is 9.03. The van der Waals surface area contributed by atoms with Crippen molar-refractivity contribution in [2.75, 3.05) is 13.7 Å². The van der Waals surface area contributed by atoms with Gasteiger partial charge in [-0.2, -0.15) is 0 Å². The zero-order valence-electron chi connectivity index (χ0n) is 15.3. The number of methoxy groups -OCH3 is 1. The first kappa shape index (κ1) is 18.7. The molecule has 140 valence electrons. The molecular formula is C22H23NO4. The van der Waals surface area contributed by atoms with Crippen molar-refractivity contribution in [2.24, 2.45) is 0 Å². The van der Waals surface area contributed by atoms with Crippen molar-refractivity contribution < 1.29 is 19.1 Å². The average molecular weight is 365 g/mol. The summed E-state index contributed by atoms with van der Waals surface area (Å²) < 4.78 is 10.3. The van der Waals surface area contributed by atoms with E-state index in [1.807, 2.05) is 36.4 Å². The molecule has 0 aliphatic heterocycles. The molecule has 3 rings (SSSR count). The molecule has 1 atom stereocenters. The Hall–Kier alpha value is -3.08. The van der Waals surface area contributed by atoms with E-state index in [1.54, 1.807) is 19.3 Å². The molecule has 0 heterocycles. The summed E-state index contributed by atoms with van der Waals surface area (Å²) in [4.78, 5) is 24.0. The van der Waals surface area contributed by atoms with Crippen molar-refractivity contribution in [1.82, 2.24) is 5.32 Å². The normalized spacial score (nSPS) is 15.8. The molecule has 2 aromatic carbocycles. The molecule has 0 unspecified atom stereocenters. The summed E-state index contributed by atoms with van der Waals surface area (Å²) >= 11 is 0. The smallest absolute Gasteiger partial charge is 0.331 e. The number of carbonyl (C=O) groups is 2. The van der Waals surface area contributed by atoms with Crippen LogP contribution in [0.4, 0.5) is 0 Å². The van der Waals surface area contributed by atoms with Gasteiger partial charge in [0.1, 0.15) is 5.75 Å². The quantitative estimate of drug-likeness (QED) is 0.629. The topological polar surface area (TPSA) is 64.6 Å². The van der Waals surface area contributed by atoms with E-state index in [4.69, 9.17) is 9.47 Å². The summed E-state index contributed by atoms with van der Waals surface area (Å²) in [6, 6.07) is 15.4. The van der Waals surface area contributed by atoms with Crippen molar-refractivity contribution in [3.05, 3.63) is 71.3 Å². The lowest BCUT2D eigenvalue weighted by Crippen LogP contribution is -2.34. The van der Waals surface area contributed by atoms with E-state index < -0.39 is 5.97 Å². The Kier molecular flexibility index (Phi) is 6.26. The van der Waals surface area contributed by atoms with Gasteiger partial charge in [-0.05, 0) is 42.5 Å². The van der Waals surface area contributed by atoms with Gasteiger partial charge in [0.15, 0.2) is 6.61 Å². The second-order valence-corrected chi connectivity index (χ2v) is 6.39. The van der Waals surface area contributed by atoms with Gasteiger partial charge in [-0.3, -0.25) is 4.79 Å². The number of hydrogen-bond donors (Lipinski definition) is 1. The summed E-state index contributed by atoms with van der Waals surface area (Å²) in [6.07, 6.45) is 5.86. The Bertz CT molecular complexity index is 844. The van der Waals surface area contributed by atoms with Gasteiger partial charge in [-0.1, -0.05) is 42.5 Å². The molecule has 2 aromatic rings. The minimum atomic E-state index is -0.569. The number of nitrogens with one attached hydrogen (secondary N) is 1. The van der Waals surface area contributed by atoms with Crippen LogP contribution < -0.4 is 10.1 Å². The van der Waals surface area contributed by atoms with E-state index in [-0.39, 0.29) is 18.6 Å². The lowest BCUT2D eigenvalue weighted by molar-refractivity contribution is -0.144. The minimum absolute atomic E-state index is 0.0229. The zero-order chi connectivity index (χ0) is 19.1. The lowest BCUT2D eigenvalue weighted by Gasteiger charge is -2.26. The fraction of sp³-hybridized carbons (Fsp3) is 0.273. The van der Waals surface area contributed by atoms with Gasteiger partial charge in [-0.15, -0.1) is 0 Å². The highest BCUT2D eigenvalue weighted by atomic mass is 16.5. The van der Waals surface area contributed by atoms with Crippen molar-refractivity contribution in [3.8, 4) is 5.75 Å². The summed E-state index contributed by atoms with van der Waals surface area (Å²) in [5.41, 5.74) is 3.19. The highest BCUT2D eigenvalue weighted by Crippen LogP contribution is 2.29. The van der Waals surface area contributed by atoms with Gasteiger partial charge >= 0.3 is 5.97 Å². The number of fused-ring (bicyclic) bond motifs is 1. The number of benzene rings is 2. The average Bonchev–Trinajstić information content (AvgIpc) is 2.71. The highest BCUT2D eigenvalue weighted by Gasteiger charge is 2.21. The van der Waals surface area contributed by atoms with E-state index in [0.717, 1.165) is 30.4 Å². The monoisotopic (exact) mass is 365 g/mol. The number of aryl methyl sites for hydroxylation is 1. The van der Waals surface area contributed by atoms with Crippen LogP contribution in [0.1, 0.15) is 35.6 Å². The van der Waals surface area contributed by atoms with Crippen LogP contribution >= 0.6 is 0 Å². The fourth-order valence-corrected chi connectivity index (χ4v) is 3.29. The zero-order valence-corrected chi connectivity index (χ0v) is 15.3. The van der Waals surface area contributed by atoms with E-state index in [2.05, 4.69) is 11.4 Å². The second-order valence-electron chi connectivity index (χ2n) is 6.39. The van der Waals surface area contributed by atoms with Gasteiger partial charge in [0.2, 0.25) is 0 Å². The number of carbonyl (C=O) groups excluding carboxylic acids is 2. The SMILES string of the molecule is COc1ccccc1/C=C/C(=O)OCC(=O)N[C@@H]1CCCc2ccccc21. The summed E-state index contributed by atoms with van der Waals surface area (Å²) in [5.74, 6) is -0.203. The number of hydrogen-bond acceptors (Lipinski definition) is 4. The highest BCUT2D eigenvalue weighted by molar-refractivity contribution is 5.89. The summed E-state index contributed by atoms with van der Waals surface area (Å²) in [5, 5.41) is 2.96. The van der Waals surface area contributed by atoms with Crippen LogP contribution in [0.2, 0.25) is 0 Å². The van der Waals surface area contributed by atoms with E-state index >= 15 is 0 Å². The molecule has 5 nitrogen and oxygen atoms in total. The fourth-order valence-electron chi connectivity index (χ4n) is 3.29. The first-order valence-electron chi connectivity index (χ1n) is 9.02. The molecule has 1 aliphatic rings. The van der Waals surface area contributed by atoms with Gasteiger partial charge in [0, 0.05) is 11.6 Å². The maximum atomic E-state index is 12.2. The summed E-state index contributed by atoms with van der Waals surface area (Å²) in [7, 11) is 1.57. The number of para-hydroxylation sites is 1. The standard InChI is InChI=1S/C22H23NO4/c1-26-20-12-5-3-8-17(20)13-14-22(25)27-15-21(24)23-19-11-6-9-16-7-2-4-10-18(16)19/h2-5,7-8,10,12-14,19H,6,9,11,15H2,1H3,(H,23,24)/b14-13+/t19-/m1/s1. The predicted molar refractivity (Wildman–Crippen MR) is 103 cm³/mol. The Morgan fingerprint density at radius 3 is 2.78 bits per heavy atom.